The van der Waals surface area contributed by atoms with Crippen LogP contribution in [0.25, 0.3) is 0 Å². The Bertz CT molecular complexity index is 415. The van der Waals surface area contributed by atoms with E-state index in [2.05, 4.69) is 38.0 Å². The Morgan fingerprint density at radius 1 is 1.21 bits per heavy atom. The first-order valence-corrected chi connectivity index (χ1v) is 7.34. The zero-order valence-corrected chi connectivity index (χ0v) is 14.9. The highest BCUT2D eigenvalue weighted by Gasteiger charge is 2.10. The molecule has 0 radical (unpaired) electrons. The molecule has 1 aromatic carbocycles. The number of hydrogen-bond donors (Lipinski definition) is 1. The summed E-state index contributed by atoms with van der Waals surface area (Å²) in [5, 5.41) is 0. The summed E-state index contributed by atoms with van der Waals surface area (Å²) in [6.45, 7) is 2.75. The topological polar surface area (TPSA) is 41.6 Å². The maximum Gasteiger partial charge on any atom is 0.191 e. The summed E-state index contributed by atoms with van der Waals surface area (Å²) in [6.07, 6.45) is 5.09. The Morgan fingerprint density at radius 3 is 2.53 bits per heavy atom. The van der Waals surface area contributed by atoms with Gasteiger partial charge < -0.3 is 10.6 Å². The summed E-state index contributed by atoms with van der Waals surface area (Å²) in [6, 6.07) is 8.20. The van der Waals surface area contributed by atoms with Crippen molar-refractivity contribution in [2.24, 2.45) is 10.7 Å². The van der Waals surface area contributed by atoms with Crippen LogP contribution in [-0.4, -0.2) is 23.9 Å². The molecule has 0 amide bonds. The summed E-state index contributed by atoms with van der Waals surface area (Å²) in [7, 11) is 0. The molecule has 1 fully saturated rings. The fraction of sp³-hybridized carbons (Fsp3) is 0.500. The predicted molar refractivity (Wildman–Crippen MR) is 94.9 cm³/mol. The summed E-state index contributed by atoms with van der Waals surface area (Å²) in [4.78, 5) is 6.71. The van der Waals surface area contributed by atoms with Crippen LogP contribution >= 0.6 is 39.9 Å². The molecule has 0 bridgehead atoms. The Balaban J connectivity index is 0.00000180. The maximum absolute atomic E-state index is 6.07. The number of aliphatic imine (C=N–C) groups is 1. The number of rotatable bonds is 2. The molecule has 2 rings (SSSR count). The minimum absolute atomic E-state index is 0. The smallest absolute Gasteiger partial charge is 0.191 e. The van der Waals surface area contributed by atoms with E-state index in [-0.39, 0.29) is 24.0 Å². The standard InChI is InChI=1S/C14H20BrN3.HI/c15-13-7-5-6-12(10-13)11-17-14(16)18-8-3-1-2-4-9-18;/h5-7,10H,1-4,8-9,11H2,(H2,16,17);1H. The molecule has 1 heterocycles. The lowest BCUT2D eigenvalue weighted by Crippen LogP contribution is -2.38. The molecule has 0 unspecified atom stereocenters. The summed E-state index contributed by atoms with van der Waals surface area (Å²) in [5.74, 6) is 0.692. The van der Waals surface area contributed by atoms with Crippen LogP contribution in [0.3, 0.4) is 0 Å². The molecule has 0 atom stereocenters. The Morgan fingerprint density at radius 2 is 1.89 bits per heavy atom. The first kappa shape index (κ1) is 16.8. The van der Waals surface area contributed by atoms with Crippen molar-refractivity contribution in [2.45, 2.75) is 32.2 Å². The van der Waals surface area contributed by atoms with Crippen LogP contribution in [0.4, 0.5) is 0 Å². The zero-order valence-electron chi connectivity index (χ0n) is 11.0. The maximum atomic E-state index is 6.07. The van der Waals surface area contributed by atoms with Crippen molar-refractivity contribution < 1.29 is 0 Å². The van der Waals surface area contributed by atoms with E-state index < -0.39 is 0 Å². The van der Waals surface area contributed by atoms with E-state index in [9.17, 15) is 0 Å². The van der Waals surface area contributed by atoms with Gasteiger partial charge in [0.15, 0.2) is 5.96 Å². The number of likely N-dealkylation sites (tertiary alicyclic amines) is 1. The number of nitrogens with two attached hydrogens (primary N) is 1. The first-order chi connectivity index (χ1) is 8.75. The summed E-state index contributed by atoms with van der Waals surface area (Å²) >= 11 is 3.47. The van der Waals surface area contributed by atoms with Crippen molar-refractivity contribution in [3.8, 4) is 0 Å². The Kier molecular flexibility index (Phi) is 7.75. The van der Waals surface area contributed by atoms with E-state index in [0.29, 0.717) is 12.5 Å². The average molecular weight is 438 g/mol. The van der Waals surface area contributed by atoms with Gasteiger partial charge in [-0.1, -0.05) is 40.9 Å². The molecular weight excluding hydrogens is 417 g/mol. The van der Waals surface area contributed by atoms with E-state index >= 15 is 0 Å². The van der Waals surface area contributed by atoms with Crippen LogP contribution in [0.2, 0.25) is 0 Å². The lowest BCUT2D eigenvalue weighted by molar-refractivity contribution is 0.428. The highest BCUT2D eigenvalue weighted by atomic mass is 127. The predicted octanol–water partition coefficient (Wildman–Crippen LogP) is 3.76. The number of hydrogen-bond acceptors (Lipinski definition) is 1. The fourth-order valence-corrected chi connectivity index (χ4v) is 2.65. The van der Waals surface area contributed by atoms with Crippen LogP contribution in [0.5, 0.6) is 0 Å². The minimum Gasteiger partial charge on any atom is -0.370 e. The molecule has 1 aromatic rings. The van der Waals surface area contributed by atoms with Gasteiger partial charge in [-0.05, 0) is 30.5 Å². The molecule has 1 saturated heterocycles. The van der Waals surface area contributed by atoms with Crippen LogP contribution in [-0.2, 0) is 6.54 Å². The van der Waals surface area contributed by atoms with E-state index in [1.165, 1.54) is 31.2 Å². The molecule has 106 valence electrons. The van der Waals surface area contributed by atoms with Gasteiger partial charge in [0.2, 0.25) is 0 Å². The third-order valence-electron chi connectivity index (χ3n) is 3.24. The Hall–Kier alpha value is -0.300. The van der Waals surface area contributed by atoms with Crippen molar-refractivity contribution >= 4 is 45.9 Å². The van der Waals surface area contributed by atoms with Crippen molar-refractivity contribution in [1.29, 1.82) is 0 Å². The number of benzene rings is 1. The zero-order chi connectivity index (χ0) is 12.8. The molecule has 1 aliphatic rings. The quantitative estimate of drug-likeness (QED) is 0.434. The van der Waals surface area contributed by atoms with Gasteiger partial charge in [0.25, 0.3) is 0 Å². The average Bonchev–Trinajstić information content (AvgIpc) is 2.65. The number of guanidine groups is 1. The summed E-state index contributed by atoms with van der Waals surface area (Å²) < 4.78 is 1.09. The van der Waals surface area contributed by atoms with Crippen LogP contribution < -0.4 is 5.73 Å². The van der Waals surface area contributed by atoms with E-state index in [1.54, 1.807) is 0 Å². The molecule has 2 N–H and O–H groups in total. The highest BCUT2D eigenvalue weighted by molar-refractivity contribution is 14.0. The molecule has 0 aromatic heterocycles. The van der Waals surface area contributed by atoms with Gasteiger partial charge in [0.1, 0.15) is 0 Å². The molecule has 1 aliphatic heterocycles. The largest absolute Gasteiger partial charge is 0.370 e. The Labute approximate surface area is 140 Å². The lowest BCUT2D eigenvalue weighted by Gasteiger charge is -2.21. The second kappa shape index (κ2) is 8.79. The van der Waals surface area contributed by atoms with Gasteiger partial charge in [0, 0.05) is 17.6 Å². The van der Waals surface area contributed by atoms with E-state index in [0.717, 1.165) is 17.6 Å². The molecular formula is C14H21BrIN3. The van der Waals surface area contributed by atoms with Gasteiger partial charge in [-0.2, -0.15) is 0 Å². The normalized spacial score (nSPS) is 16.7. The molecule has 3 nitrogen and oxygen atoms in total. The highest BCUT2D eigenvalue weighted by Crippen LogP contribution is 2.13. The van der Waals surface area contributed by atoms with Gasteiger partial charge in [0.05, 0.1) is 6.54 Å². The van der Waals surface area contributed by atoms with Crippen molar-refractivity contribution in [2.75, 3.05) is 13.1 Å². The monoisotopic (exact) mass is 437 g/mol. The van der Waals surface area contributed by atoms with E-state index in [1.807, 2.05) is 12.1 Å². The van der Waals surface area contributed by atoms with E-state index in [4.69, 9.17) is 5.73 Å². The fourth-order valence-electron chi connectivity index (χ4n) is 2.21. The first-order valence-electron chi connectivity index (χ1n) is 6.55. The van der Waals surface area contributed by atoms with Crippen molar-refractivity contribution in [3.63, 3.8) is 0 Å². The van der Waals surface area contributed by atoms with Crippen LogP contribution in [0.1, 0.15) is 31.2 Å². The summed E-state index contributed by atoms with van der Waals surface area (Å²) in [5.41, 5.74) is 7.25. The molecule has 19 heavy (non-hydrogen) atoms. The number of halogens is 2. The third kappa shape index (κ3) is 5.69. The molecule has 0 aliphatic carbocycles. The molecule has 0 saturated carbocycles. The molecule has 0 spiro atoms. The van der Waals surface area contributed by atoms with Gasteiger partial charge in [-0.15, -0.1) is 24.0 Å². The SMILES string of the molecule is I.NC(=NCc1cccc(Br)c1)N1CCCCCC1. The van der Waals surface area contributed by atoms with Crippen LogP contribution in [0, 0.1) is 0 Å². The van der Waals surface area contributed by atoms with Crippen molar-refractivity contribution in [3.05, 3.63) is 34.3 Å². The molecule has 5 heteroatoms. The minimum atomic E-state index is 0. The number of nitrogens with zero attached hydrogens (tertiary/aromatic N) is 2. The third-order valence-corrected chi connectivity index (χ3v) is 3.74. The van der Waals surface area contributed by atoms with Gasteiger partial charge in [-0.3, -0.25) is 0 Å². The second-order valence-corrected chi connectivity index (χ2v) is 5.62. The lowest BCUT2D eigenvalue weighted by atomic mass is 10.2. The van der Waals surface area contributed by atoms with Gasteiger partial charge >= 0.3 is 0 Å². The van der Waals surface area contributed by atoms with Gasteiger partial charge in [-0.25, -0.2) is 4.99 Å². The van der Waals surface area contributed by atoms with Crippen molar-refractivity contribution in [1.82, 2.24) is 4.90 Å². The van der Waals surface area contributed by atoms with Crippen LogP contribution in [0.15, 0.2) is 33.7 Å². The second-order valence-electron chi connectivity index (χ2n) is 4.71.